The summed E-state index contributed by atoms with van der Waals surface area (Å²) in [5.74, 6) is 1.77. The number of aromatic nitrogens is 6. The number of hydrogen-bond donors (Lipinski definition) is 2. The van der Waals surface area contributed by atoms with Crippen molar-refractivity contribution in [1.82, 2.24) is 30.4 Å². The van der Waals surface area contributed by atoms with E-state index in [9.17, 15) is 4.79 Å². The van der Waals surface area contributed by atoms with E-state index in [1.165, 1.54) is 0 Å². The Morgan fingerprint density at radius 1 is 1.13 bits per heavy atom. The second-order valence-electron chi connectivity index (χ2n) is 6.86. The monoisotopic (exact) mass is 417 g/mol. The molecule has 10 heteroatoms. The van der Waals surface area contributed by atoms with Crippen molar-refractivity contribution in [2.45, 2.75) is 13.0 Å². The third kappa shape index (κ3) is 3.08. The first-order chi connectivity index (χ1) is 15.2. The summed E-state index contributed by atoms with van der Waals surface area (Å²) in [6.07, 6.45) is 0. The smallest absolute Gasteiger partial charge is 0.288 e. The van der Waals surface area contributed by atoms with Gasteiger partial charge in [-0.15, -0.1) is 0 Å². The van der Waals surface area contributed by atoms with E-state index in [-0.39, 0.29) is 5.56 Å². The Balaban J connectivity index is 1.76. The average Bonchev–Trinajstić information content (AvgIpc) is 3.27. The first-order valence-electron chi connectivity index (χ1n) is 9.75. The van der Waals surface area contributed by atoms with Gasteiger partial charge in [-0.2, -0.15) is 9.78 Å². The molecule has 0 saturated heterocycles. The molecular weight excluding hydrogens is 398 g/mol. The second kappa shape index (κ2) is 7.56. The van der Waals surface area contributed by atoms with Gasteiger partial charge in [-0.05, 0) is 47.7 Å². The van der Waals surface area contributed by atoms with E-state index >= 15 is 0 Å². The molecular formula is C21H19N7O3. The number of H-pyrrole nitrogens is 1. The maximum absolute atomic E-state index is 12.7. The molecule has 10 nitrogen and oxygen atoms in total. The van der Waals surface area contributed by atoms with Gasteiger partial charge in [0.2, 0.25) is 5.95 Å². The minimum Gasteiger partial charge on any atom is -0.496 e. The molecule has 3 heterocycles. The molecule has 0 bridgehead atoms. The molecule has 0 aliphatic carbocycles. The third-order valence-electron chi connectivity index (χ3n) is 5.14. The molecule has 156 valence electrons. The lowest BCUT2D eigenvalue weighted by Gasteiger charge is -2.28. The van der Waals surface area contributed by atoms with Crippen LogP contribution in [-0.2, 0) is 0 Å². The number of nitrogens with one attached hydrogen (secondary N) is 2. The zero-order chi connectivity index (χ0) is 21.4. The van der Waals surface area contributed by atoms with Crippen LogP contribution in [0.4, 0.5) is 11.6 Å². The minimum atomic E-state index is -0.520. The number of benzene rings is 2. The van der Waals surface area contributed by atoms with Gasteiger partial charge in [0.05, 0.1) is 19.4 Å². The van der Waals surface area contributed by atoms with Crippen LogP contribution in [0.3, 0.4) is 0 Å². The number of methoxy groups -OCH3 is 1. The van der Waals surface area contributed by atoms with Crippen LogP contribution in [0.2, 0.25) is 0 Å². The molecule has 0 radical (unpaired) electrons. The number of rotatable bonds is 5. The molecule has 5 rings (SSSR count). The molecule has 0 spiro atoms. The molecule has 1 aliphatic heterocycles. The Hall–Kier alpha value is -4.21. The minimum absolute atomic E-state index is 0.345. The van der Waals surface area contributed by atoms with Crippen LogP contribution in [0.5, 0.6) is 11.5 Å². The number of aromatic amines is 1. The van der Waals surface area contributed by atoms with Crippen LogP contribution < -0.4 is 20.3 Å². The van der Waals surface area contributed by atoms with Crippen molar-refractivity contribution in [3.63, 3.8) is 0 Å². The maximum atomic E-state index is 12.7. The van der Waals surface area contributed by atoms with Gasteiger partial charge in [-0.1, -0.05) is 23.3 Å². The Morgan fingerprint density at radius 2 is 1.94 bits per heavy atom. The number of para-hydroxylation sites is 1. The van der Waals surface area contributed by atoms with Crippen LogP contribution in [0.1, 0.15) is 24.1 Å². The molecule has 1 aliphatic rings. The fourth-order valence-corrected chi connectivity index (χ4v) is 3.81. The summed E-state index contributed by atoms with van der Waals surface area (Å²) >= 11 is 0. The highest BCUT2D eigenvalue weighted by atomic mass is 16.5. The molecule has 4 aromatic rings. The highest BCUT2D eigenvalue weighted by molar-refractivity contribution is 5.76. The Kier molecular flexibility index (Phi) is 4.58. The number of hydrogen-bond acceptors (Lipinski definition) is 8. The number of anilines is 2. The van der Waals surface area contributed by atoms with E-state index in [1.807, 2.05) is 55.5 Å². The zero-order valence-corrected chi connectivity index (χ0v) is 16.9. The first-order valence-corrected chi connectivity index (χ1v) is 9.75. The Bertz CT molecular complexity index is 1300. The number of fused-ring (bicyclic) bond motifs is 2. The lowest BCUT2D eigenvalue weighted by molar-refractivity contribution is 0.340. The predicted molar refractivity (Wildman–Crippen MR) is 113 cm³/mol. The summed E-state index contributed by atoms with van der Waals surface area (Å²) < 4.78 is 12.8. The highest BCUT2D eigenvalue weighted by Crippen LogP contribution is 2.43. The molecule has 2 N–H and O–H groups in total. The van der Waals surface area contributed by atoms with Crippen molar-refractivity contribution in [3.05, 3.63) is 70.0 Å². The molecule has 0 amide bonds. The summed E-state index contributed by atoms with van der Waals surface area (Å²) in [7, 11) is 1.60. The zero-order valence-electron chi connectivity index (χ0n) is 16.9. The summed E-state index contributed by atoms with van der Waals surface area (Å²) in [5, 5.41) is 22.0. The van der Waals surface area contributed by atoms with E-state index in [2.05, 4.69) is 31.0 Å². The van der Waals surface area contributed by atoms with Gasteiger partial charge in [0.15, 0.2) is 0 Å². The summed E-state index contributed by atoms with van der Waals surface area (Å²) in [5.41, 5.74) is 2.85. The summed E-state index contributed by atoms with van der Waals surface area (Å²) in [6, 6.07) is 14.6. The quantitative estimate of drug-likeness (QED) is 0.448. The van der Waals surface area contributed by atoms with Gasteiger partial charge >= 0.3 is 0 Å². The summed E-state index contributed by atoms with van der Waals surface area (Å²) in [6.45, 7) is 2.51. The fourth-order valence-electron chi connectivity index (χ4n) is 3.81. The van der Waals surface area contributed by atoms with Gasteiger partial charge in [0.1, 0.15) is 23.2 Å². The van der Waals surface area contributed by atoms with Gasteiger partial charge in [-0.25, -0.2) is 5.10 Å². The number of nitrogens with zero attached hydrogens (tertiary/aromatic N) is 5. The van der Waals surface area contributed by atoms with E-state index in [1.54, 1.807) is 11.8 Å². The molecule has 1 atom stereocenters. The lowest BCUT2D eigenvalue weighted by Crippen LogP contribution is -2.29. The predicted octanol–water partition coefficient (Wildman–Crippen LogP) is 2.53. The Morgan fingerprint density at radius 3 is 2.71 bits per heavy atom. The first kappa shape index (κ1) is 18.8. The van der Waals surface area contributed by atoms with E-state index in [0.29, 0.717) is 35.2 Å². The van der Waals surface area contributed by atoms with Crippen molar-refractivity contribution in [1.29, 1.82) is 0 Å². The fraction of sp³-hybridized carbons (Fsp3) is 0.190. The standard InChI is InChI=1S/C21H19N7O3/c1-3-31-13-10-8-12(9-11-13)17-16-18(20(29)24-23-17)22-21-25-26-27-28(21)19(16)14-6-4-5-7-15(14)30-2/h4-11,19H,3H2,1-2H3,(H,24,29)(H,22,25,27)/t19-/m0/s1. The van der Waals surface area contributed by atoms with Crippen molar-refractivity contribution in [2.75, 3.05) is 19.0 Å². The van der Waals surface area contributed by atoms with Crippen LogP contribution >= 0.6 is 0 Å². The molecule has 2 aromatic heterocycles. The molecule has 0 unspecified atom stereocenters. The van der Waals surface area contributed by atoms with Crippen molar-refractivity contribution >= 4 is 11.6 Å². The third-order valence-corrected chi connectivity index (χ3v) is 5.14. The van der Waals surface area contributed by atoms with Crippen LogP contribution in [0, 0.1) is 0 Å². The molecule has 0 fully saturated rings. The van der Waals surface area contributed by atoms with Gasteiger partial charge in [-0.3, -0.25) is 4.79 Å². The SMILES string of the molecule is CCOc1ccc(-c2n[nH]c(=O)c3c2[C@H](c2ccccc2OC)n2nnnc2N3)cc1. The van der Waals surface area contributed by atoms with Crippen LogP contribution in [0.15, 0.2) is 53.3 Å². The van der Waals surface area contributed by atoms with Crippen LogP contribution in [0.25, 0.3) is 11.3 Å². The van der Waals surface area contributed by atoms with Gasteiger partial charge < -0.3 is 14.8 Å². The maximum Gasteiger partial charge on any atom is 0.288 e. The van der Waals surface area contributed by atoms with Crippen molar-refractivity contribution in [2.24, 2.45) is 0 Å². The topological polar surface area (TPSA) is 120 Å². The summed E-state index contributed by atoms with van der Waals surface area (Å²) in [4.78, 5) is 12.7. The lowest BCUT2D eigenvalue weighted by atomic mass is 9.92. The van der Waals surface area contributed by atoms with Gasteiger partial charge in [0, 0.05) is 16.7 Å². The molecule has 0 saturated carbocycles. The molecule has 31 heavy (non-hydrogen) atoms. The van der Waals surface area contributed by atoms with Crippen molar-refractivity contribution < 1.29 is 9.47 Å². The van der Waals surface area contributed by atoms with E-state index in [4.69, 9.17) is 9.47 Å². The van der Waals surface area contributed by atoms with Crippen LogP contribution in [-0.4, -0.2) is 44.1 Å². The normalized spacial score (nSPS) is 14.3. The average molecular weight is 417 g/mol. The van der Waals surface area contributed by atoms with E-state index in [0.717, 1.165) is 16.9 Å². The molecule has 2 aromatic carbocycles. The van der Waals surface area contributed by atoms with E-state index < -0.39 is 6.04 Å². The number of ether oxygens (including phenoxy) is 2. The van der Waals surface area contributed by atoms with Gasteiger partial charge in [0.25, 0.3) is 5.56 Å². The second-order valence-corrected chi connectivity index (χ2v) is 6.86. The largest absolute Gasteiger partial charge is 0.496 e. The number of tetrazole rings is 1. The highest BCUT2D eigenvalue weighted by Gasteiger charge is 2.35. The van der Waals surface area contributed by atoms with Crippen molar-refractivity contribution in [3.8, 4) is 22.8 Å². The Labute approximate surface area is 176 Å².